The third-order valence-corrected chi connectivity index (χ3v) is 2.72. The Hall–Kier alpha value is -2.69. The maximum Gasteiger partial charge on any atom is 0.354 e. The first-order valence-corrected chi connectivity index (χ1v) is 5.53. The van der Waals surface area contributed by atoms with Crippen molar-refractivity contribution in [2.24, 2.45) is 0 Å². The largest absolute Gasteiger partial charge is 0.477 e. The minimum atomic E-state index is -1.25. The van der Waals surface area contributed by atoms with Gasteiger partial charge < -0.3 is 10.2 Å². The molecule has 0 fully saturated rings. The zero-order valence-corrected chi connectivity index (χ0v) is 10.1. The van der Waals surface area contributed by atoms with Crippen LogP contribution < -0.4 is 0 Å². The fraction of sp³-hybridized carbons (Fsp3) is 0.0714. The minimum absolute atomic E-state index is 0.279. The second-order valence-electron chi connectivity index (χ2n) is 4.05. The van der Waals surface area contributed by atoms with Gasteiger partial charge in [0, 0.05) is 0 Å². The number of pyridine rings is 1. The Kier molecular flexibility index (Phi) is 3.29. The molecule has 0 bridgehead atoms. The van der Waals surface area contributed by atoms with Crippen LogP contribution in [0.4, 0.5) is 0 Å². The molecule has 0 spiro atoms. The number of hydrogen-bond donors (Lipinski definition) is 2. The number of aryl methyl sites for hydroxylation is 1. The van der Waals surface area contributed by atoms with Gasteiger partial charge in [-0.05, 0) is 35.7 Å². The highest BCUT2D eigenvalue weighted by Gasteiger charge is 2.14. The summed E-state index contributed by atoms with van der Waals surface area (Å²) in [6, 6.07) is 10.1. The predicted octanol–water partition coefficient (Wildman–Crippen LogP) is 2.45. The second-order valence-corrected chi connectivity index (χ2v) is 4.05. The first-order chi connectivity index (χ1) is 8.99. The third-order valence-electron chi connectivity index (χ3n) is 2.72. The molecule has 1 heterocycles. The van der Waals surface area contributed by atoms with Crippen LogP contribution in [0.5, 0.6) is 0 Å². The van der Waals surface area contributed by atoms with E-state index in [0.29, 0.717) is 5.56 Å². The van der Waals surface area contributed by atoms with Gasteiger partial charge in [-0.3, -0.25) is 0 Å². The van der Waals surface area contributed by atoms with Gasteiger partial charge in [0.05, 0.1) is 0 Å². The van der Waals surface area contributed by atoms with E-state index in [0.717, 1.165) is 11.1 Å². The predicted molar refractivity (Wildman–Crippen MR) is 68.3 cm³/mol. The fourth-order valence-electron chi connectivity index (χ4n) is 1.80. The highest BCUT2D eigenvalue weighted by atomic mass is 16.4. The van der Waals surface area contributed by atoms with Gasteiger partial charge in [-0.25, -0.2) is 14.6 Å². The van der Waals surface area contributed by atoms with E-state index in [4.69, 9.17) is 10.2 Å². The summed E-state index contributed by atoms with van der Waals surface area (Å²) in [6.45, 7) is 1.87. The molecule has 1 aromatic heterocycles. The van der Waals surface area contributed by atoms with Crippen LogP contribution in [0.15, 0.2) is 36.4 Å². The molecule has 5 heteroatoms. The molecule has 0 aliphatic rings. The summed E-state index contributed by atoms with van der Waals surface area (Å²) in [4.78, 5) is 25.6. The molecule has 0 amide bonds. The molecule has 2 rings (SSSR count). The number of aromatic nitrogens is 1. The zero-order chi connectivity index (χ0) is 14.0. The topological polar surface area (TPSA) is 87.5 Å². The molecular weight excluding hydrogens is 246 g/mol. The number of carbonyl (C=O) groups is 2. The van der Waals surface area contributed by atoms with E-state index in [1.165, 1.54) is 12.1 Å². The Labute approximate surface area is 109 Å². The number of nitrogens with zero attached hydrogens (tertiary/aromatic N) is 1. The van der Waals surface area contributed by atoms with Crippen molar-refractivity contribution >= 4 is 11.9 Å². The molecule has 0 atom stereocenters. The fourth-order valence-corrected chi connectivity index (χ4v) is 1.80. The van der Waals surface area contributed by atoms with Gasteiger partial charge in [0.2, 0.25) is 0 Å². The van der Waals surface area contributed by atoms with E-state index in [1.54, 1.807) is 0 Å². The molecule has 0 saturated carbocycles. The SMILES string of the molecule is Cc1ccccc1-c1cc(C(=O)O)nc(C(=O)O)c1. The van der Waals surface area contributed by atoms with E-state index >= 15 is 0 Å². The molecular formula is C14H11NO4. The summed E-state index contributed by atoms with van der Waals surface area (Å²) in [5, 5.41) is 18.0. The Morgan fingerprint density at radius 3 is 2.00 bits per heavy atom. The number of carboxylic acid groups (broad SMARTS) is 2. The van der Waals surface area contributed by atoms with Gasteiger partial charge in [0.15, 0.2) is 0 Å². The molecule has 2 aromatic rings. The standard InChI is InChI=1S/C14H11NO4/c1-8-4-2-3-5-10(8)9-6-11(13(16)17)15-12(7-9)14(18)19/h2-7H,1H3,(H,16,17)(H,18,19). The van der Waals surface area contributed by atoms with Crippen molar-refractivity contribution in [1.82, 2.24) is 4.98 Å². The summed E-state index contributed by atoms with van der Waals surface area (Å²) in [5.41, 5.74) is 1.69. The van der Waals surface area contributed by atoms with Gasteiger partial charge in [-0.2, -0.15) is 0 Å². The number of hydrogen-bond acceptors (Lipinski definition) is 3. The number of rotatable bonds is 3. The molecule has 2 N–H and O–H groups in total. The maximum absolute atomic E-state index is 11.0. The number of carboxylic acids is 2. The lowest BCUT2D eigenvalue weighted by Crippen LogP contribution is -2.08. The monoisotopic (exact) mass is 257 g/mol. The molecule has 1 aromatic carbocycles. The average molecular weight is 257 g/mol. The van der Waals surface area contributed by atoms with E-state index in [-0.39, 0.29) is 11.4 Å². The Bertz CT molecular complexity index is 632. The van der Waals surface area contributed by atoms with Crippen LogP contribution in [0.25, 0.3) is 11.1 Å². The van der Waals surface area contributed by atoms with E-state index in [1.807, 2.05) is 31.2 Å². The summed E-state index contributed by atoms with van der Waals surface area (Å²) in [5.74, 6) is -2.50. The van der Waals surface area contributed by atoms with Crippen LogP contribution in [0.2, 0.25) is 0 Å². The van der Waals surface area contributed by atoms with Crippen molar-refractivity contribution in [3.63, 3.8) is 0 Å². The Balaban J connectivity index is 2.67. The van der Waals surface area contributed by atoms with Crippen molar-refractivity contribution in [2.75, 3.05) is 0 Å². The lowest BCUT2D eigenvalue weighted by atomic mass is 10.00. The Morgan fingerprint density at radius 2 is 1.53 bits per heavy atom. The average Bonchev–Trinajstić information content (AvgIpc) is 2.38. The van der Waals surface area contributed by atoms with Crippen molar-refractivity contribution in [3.8, 4) is 11.1 Å². The van der Waals surface area contributed by atoms with E-state index in [9.17, 15) is 9.59 Å². The normalized spacial score (nSPS) is 10.2. The highest BCUT2D eigenvalue weighted by Crippen LogP contribution is 2.24. The summed E-state index contributed by atoms with van der Waals surface area (Å²) in [6.07, 6.45) is 0. The maximum atomic E-state index is 11.0. The molecule has 96 valence electrons. The van der Waals surface area contributed by atoms with Crippen LogP contribution in [0, 0.1) is 6.92 Å². The summed E-state index contributed by atoms with van der Waals surface area (Å²) in [7, 11) is 0. The Morgan fingerprint density at radius 1 is 1.00 bits per heavy atom. The van der Waals surface area contributed by atoms with Gasteiger partial charge in [-0.1, -0.05) is 24.3 Å². The first-order valence-electron chi connectivity index (χ1n) is 5.53. The van der Waals surface area contributed by atoms with Gasteiger partial charge in [-0.15, -0.1) is 0 Å². The van der Waals surface area contributed by atoms with Crippen molar-refractivity contribution in [2.45, 2.75) is 6.92 Å². The second kappa shape index (κ2) is 4.89. The third kappa shape index (κ3) is 2.60. The number of aromatic carboxylic acids is 2. The summed E-state index contributed by atoms with van der Waals surface area (Å²) >= 11 is 0. The molecule has 0 radical (unpaired) electrons. The van der Waals surface area contributed by atoms with Crippen molar-refractivity contribution in [1.29, 1.82) is 0 Å². The quantitative estimate of drug-likeness (QED) is 0.881. The molecule has 0 aliphatic heterocycles. The van der Waals surface area contributed by atoms with Gasteiger partial charge in [0.1, 0.15) is 11.4 Å². The lowest BCUT2D eigenvalue weighted by molar-refractivity contribution is 0.0685. The van der Waals surface area contributed by atoms with Crippen molar-refractivity contribution in [3.05, 3.63) is 53.3 Å². The van der Waals surface area contributed by atoms with Gasteiger partial charge >= 0.3 is 11.9 Å². The van der Waals surface area contributed by atoms with Crippen LogP contribution >= 0.6 is 0 Å². The van der Waals surface area contributed by atoms with Crippen LogP contribution in [-0.2, 0) is 0 Å². The smallest absolute Gasteiger partial charge is 0.354 e. The van der Waals surface area contributed by atoms with Crippen LogP contribution in [0.3, 0.4) is 0 Å². The molecule has 19 heavy (non-hydrogen) atoms. The van der Waals surface area contributed by atoms with Crippen LogP contribution in [-0.4, -0.2) is 27.1 Å². The lowest BCUT2D eigenvalue weighted by Gasteiger charge is -2.07. The van der Waals surface area contributed by atoms with Gasteiger partial charge in [0.25, 0.3) is 0 Å². The summed E-state index contributed by atoms with van der Waals surface area (Å²) < 4.78 is 0. The molecule has 5 nitrogen and oxygen atoms in total. The minimum Gasteiger partial charge on any atom is -0.477 e. The van der Waals surface area contributed by atoms with E-state index < -0.39 is 11.9 Å². The molecule has 0 saturated heterocycles. The molecule has 0 unspecified atom stereocenters. The van der Waals surface area contributed by atoms with E-state index in [2.05, 4.69) is 4.98 Å². The van der Waals surface area contributed by atoms with Crippen molar-refractivity contribution < 1.29 is 19.8 Å². The number of benzene rings is 1. The zero-order valence-electron chi connectivity index (χ0n) is 10.1. The molecule has 0 aliphatic carbocycles. The first kappa shape index (κ1) is 12.8. The van der Waals surface area contributed by atoms with Crippen LogP contribution in [0.1, 0.15) is 26.5 Å². The highest BCUT2D eigenvalue weighted by molar-refractivity contribution is 5.92.